The molecule has 0 radical (unpaired) electrons. The van der Waals surface area contributed by atoms with Gasteiger partial charge in [0, 0.05) is 20.2 Å². The summed E-state index contributed by atoms with van der Waals surface area (Å²) < 4.78 is 9.35. The zero-order chi connectivity index (χ0) is 12.4. The maximum Gasteiger partial charge on any atom is 0.310 e. The number of hydrogen-bond donors (Lipinski definition) is 2. The van der Waals surface area contributed by atoms with Crippen LogP contribution < -0.4 is 10.6 Å². The Labute approximate surface area is 108 Å². The first-order chi connectivity index (χ1) is 7.61. The second-order valence-electron chi connectivity index (χ2n) is 3.40. The van der Waals surface area contributed by atoms with Gasteiger partial charge in [0.05, 0.1) is 26.2 Å². The highest BCUT2D eigenvalue weighted by Crippen LogP contribution is 1.94. The van der Waals surface area contributed by atoms with E-state index in [9.17, 15) is 9.59 Å². The fraction of sp³-hybridized carbons (Fsp3) is 0.800. The number of hydrogen-bond acceptors (Lipinski definition) is 5. The molecule has 0 aliphatic heterocycles. The third-order valence-electron chi connectivity index (χ3n) is 1.98. The quantitative estimate of drug-likeness (QED) is 0.461. The zero-order valence-electron chi connectivity index (χ0n) is 10.4. The summed E-state index contributed by atoms with van der Waals surface area (Å²) in [6, 6.07) is 0. The van der Waals surface area contributed by atoms with Crippen molar-refractivity contribution in [3.05, 3.63) is 0 Å². The van der Waals surface area contributed by atoms with E-state index in [0.717, 1.165) is 0 Å². The molecule has 102 valence electrons. The molecule has 0 bridgehead atoms. The Kier molecular flexibility index (Phi) is 12.7. The van der Waals surface area contributed by atoms with E-state index in [1.165, 1.54) is 7.11 Å². The van der Waals surface area contributed by atoms with Gasteiger partial charge >= 0.3 is 5.97 Å². The minimum atomic E-state index is -0.326. The van der Waals surface area contributed by atoms with Crippen LogP contribution in [0.1, 0.15) is 6.92 Å². The molecule has 7 heteroatoms. The lowest BCUT2D eigenvalue weighted by Gasteiger charge is -2.10. The van der Waals surface area contributed by atoms with E-state index in [0.29, 0.717) is 13.2 Å². The van der Waals surface area contributed by atoms with Crippen LogP contribution in [0, 0.1) is 5.92 Å². The van der Waals surface area contributed by atoms with Crippen molar-refractivity contribution in [3.63, 3.8) is 0 Å². The number of carbonyl (C=O) groups excluding carboxylic acids is 2. The summed E-state index contributed by atoms with van der Waals surface area (Å²) in [4.78, 5) is 22.3. The van der Waals surface area contributed by atoms with Crippen LogP contribution in [0.2, 0.25) is 0 Å². The lowest BCUT2D eigenvalue weighted by atomic mass is 10.2. The van der Waals surface area contributed by atoms with Crippen molar-refractivity contribution >= 4 is 24.3 Å². The van der Waals surface area contributed by atoms with Crippen molar-refractivity contribution in [1.29, 1.82) is 0 Å². The molecule has 0 aliphatic rings. The van der Waals surface area contributed by atoms with Gasteiger partial charge < -0.3 is 20.1 Å². The van der Waals surface area contributed by atoms with Gasteiger partial charge in [-0.25, -0.2) is 0 Å². The third-order valence-corrected chi connectivity index (χ3v) is 1.98. The highest BCUT2D eigenvalue weighted by Gasteiger charge is 2.13. The topological polar surface area (TPSA) is 76.7 Å². The first kappa shape index (κ1) is 18.5. The highest BCUT2D eigenvalue weighted by atomic mass is 35.5. The molecule has 1 atom stereocenters. The fourth-order valence-electron chi connectivity index (χ4n) is 0.990. The molecule has 0 rings (SSSR count). The Morgan fingerprint density at radius 1 is 1.29 bits per heavy atom. The predicted molar refractivity (Wildman–Crippen MR) is 66.2 cm³/mol. The van der Waals surface area contributed by atoms with Gasteiger partial charge in [0.2, 0.25) is 5.91 Å². The second kappa shape index (κ2) is 11.6. The number of ether oxygens (including phenoxy) is 2. The number of halogens is 1. The molecule has 1 unspecified atom stereocenters. The van der Waals surface area contributed by atoms with Gasteiger partial charge in [-0.2, -0.15) is 0 Å². The Hall–Kier alpha value is -0.850. The number of esters is 1. The largest absolute Gasteiger partial charge is 0.469 e. The van der Waals surface area contributed by atoms with Gasteiger partial charge in [-0.3, -0.25) is 9.59 Å². The van der Waals surface area contributed by atoms with Crippen LogP contribution in [0.4, 0.5) is 0 Å². The van der Waals surface area contributed by atoms with Crippen molar-refractivity contribution in [2.75, 3.05) is 40.5 Å². The van der Waals surface area contributed by atoms with Gasteiger partial charge in [0.25, 0.3) is 0 Å². The van der Waals surface area contributed by atoms with Crippen molar-refractivity contribution < 1.29 is 19.1 Å². The number of rotatable bonds is 8. The minimum absolute atomic E-state index is 0. The maximum absolute atomic E-state index is 11.3. The molecular weight excluding hydrogens is 248 g/mol. The third kappa shape index (κ3) is 10.0. The van der Waals surface area contributed by atoms with Crippen LogP contribution in [-0.2, 0) is 19.1 Å². The van der Waals surface area contributed by atoms with Gasteiger partial charge in [-0.15, -0.1) is 12.4 Å². The Morgan fingerprint density at radius 2 is 1.94 bits per heavy atom. The molecule has 0 heterocycles. The van der Waals surface area contributed by atoms with Crippen molar-refractivity contribution in [2.45, 2.75) is 6.92 Å². The fourth-order valence-corrected chi connectivity index (χ4v) is 0.990. The lowest BCUT2D eigenvalue weighted by Crippen LogP contribution is -2.38. The van der Waals surface area contributed by atoms with Gasteiger partial charge in [-0.05, 0) is 0 Å². The summed E-state index contributed by atoms with van der Waals surface area (Å²) in [6.45, 7) is 3.39. The molecule has 17 heavy (non-hydrogen) atoms. The Morgan fingerprint density at radius 3 is 2.47 bits per heavy atom. The van der Waals surface area contributed by atoms with Crippen LogP contribution in [0.3, 0.4) is 0 Å². The van der Waals surface area contributed by atoms with E-state index < -0.39 is 0 Å². The highest BCUT2D eigenvalue weighted by molar-refractivity contribution is 5.85. The minimum Gasteiger partial charge on any atom is -0.469 e. The van der Waals surface area contributed by atoms with Crippen LogP contribution in [0.25, 0.3) is 0 Å². The average molecular weight is 269 g/mol. The summed E-state index contributed by atoms with van der Waals surface area (Å²) in [5.74, 6) is -0.799. The summed E-state index contributed by atoms with van der Waals surface area (Å²) in [5.41, 5.74) is 0. The molecule has 0 saturated carbocycles. The molecule has 0 saturated heterocycles. The monoisotopic (exact) mass is 268 g/mol. The zero-order valence-corrected chi connectivity index (χ0v) is 11.3. The first-order valence-corrected chi connectivity index (χ1v) is 5.16. The van der Waals surface area contributed by atoms with E-state index in [2.05, 4.69) is 15.4 Å². The van der Waals surface area contributed by atoms with E-state index in [-0.39, 0.29) is 43.3 Å². The number of methoxy groups -OCH3 is 2. The van der Waals surface area contributed by atoms with E-state index in [4.69, 9.17) is 4.74 Å². The number of carbonyl (C=O) groups is 2. The standard InChI is InChI=1S/C10H20N2O4.ClH/c1-8(10(14)16-3)6-12-9(13)7-11-4-5-15-2;/h8,11H,4-7H2,1-3H3,(H,12,13);1H. The normalized spacial score (nSPS) is 11.2. The Bertz CT molecular complexity index is 226. The van der Waals surface area contributed by atoms with E-state index in [1.807, 2.05) is 0 Å². The van der Waals surface area contributed by atoms with E-state index >= 15 is 0 Å². The number of amides is 1. The smallest absolute Gasteiger partial charge is 0.310 e. The van der Waals surface area contributed by atoms with Crippen LogP contribution >= 0.6 is 12.4 Å². The summed E-state index contributed by atoms with van der Waals surface area (Å²) in [5, 5.41) is 5.53. The SMILES string of the molecule is COCCNCC(=O)NCC(C)C(=O)OC.Cl. The molecule has 0 spiro atoms. The molecule has 0 aliphatic carbocycles. The molecule has 0 aromatic carbocycles. The predicted octanol–water partition coefficient (Wildman–Crippen LogP) is -0.430. The molecule has 1 amide bonds. The van der Waals surface area contributed by atoms with Gasteiger partial charge in [-0.1, -0.05) is 6.92 Å². The van der Waals surface area contributed by atoms with Crippen LogP contribution in [0.15, 0.2) is 0 Å². The Balaban J connectivity index is 0. The van der Waals surface area contributed by atoms with Crippen molar-refractivity contribution in [2.24, 2.45) is 5.92 Å². The molecule has 0 fully saturated rings. The van der Waals surface area contributed by atoms with Crippen LogP contribution in [0.5, 0.6) is 0 Å². The molecule has 2 N–H and O–H groups in total. The molecule has 6 nitrogen and oxygen atoms in total. The summed E-state index contributed by atoms with van der Waals surface area (Å²) in [7, 11) is 2.92. The summed E-state index contributed by atoms with van der Waals surface area (Å²) in [6.07, 6.45) is 0. The lowest BCUT2D eigenvalue weighted by molar-refractivity contribution is -0.144. The first-order valence-electron chi connectivity index (χ1n) is 5.16. The average Bonchev–Trinajstić information content (AvgIpc) is 2.30. The molecular formula is C10H21ClN2O4. The molecule has 0 aromatic heterocycles. The van der Waals surface area contributed by atoms with Crippen molar-refractivity contribution in [3.8, 4) is 0 Å². The second-order valence-corrected chi connectivity index (χ2v) is 3.40. The van der Waals surface area contributed by atoms with Gasteiger partial charge in [0.1, 0.15) is 0 Å². The molecule has 0 aromatic rings. The summed E-state index contributed by atoms with van der Waals surface area (Å²) >= 11 is 0. The van der Waals surface area contributed by atoms with E-state index in [1.54, 1.807) is 14.0 Å². The van der Waals surface area contributed by atoms with Gasteiger partial charge in [0.15, 0.2) is 0 Å². The van der Waals surface area contributed by atoms with Crippen LogP contribution in [-0.4, -0.2) is 52.3 Å². The number of nitrogens with one attached hydrogen (secondary N) is 2. The van der Waals surface area contributed by atoms with Crippen molar-refractivity contribution in [1.82, 2.24) is 10.6 Å². The maximum atomic E-state index is 11.3.